The standard InChI is InChI=1S/C13H15NO5/c1-8-6-19-11-5-9(18-7-12(15)16)3-4-10(11)13(17)14(8)2/h3-5,8H,6-7H2,1-2H3,(H,15,16). The minimum absolute atomic E-state index is 0.0247. The van der Waals surface area contributed by atoms with Gasteiger partial charge in [0.15, 0.2) is 6.61 Å². The Kier molecular flexibility index (Phi) is 3.59. The summed E-state index contributed by atoms with van der Waals surface area (Å²) in [5.74, 6) is -0.389. The molecule has 1 atom stereocenters. The summed E-state index contributed by atoms with van der Waals surface area (Å²) in [5.41, 5.74) is 0.453. The zero-order valence-electron chi connectivity index (χ0n) is 10.8. The Hall–Kier alpha value is -2.24. The summed E-state index contributed by atoms with van der Waals surface area (Å²) in [5, 5.41) is 8.55. The van der Waals surface area contributed by atoms with Gasteiger partial charge in [0.25, 0.3) is 5.91 Å². The van der Waals surface area contributed by atoms with E-state index in [1.165, 1.54) is 0 Å². The van der Waals surface area contributed by atoms with Gasteiger partial charge in [-0.3, -0.25) is 4.79 Å². The lowest BCUT2D eigenvalue weighted by Gasteiger charge is -2.20. The Morgan fingerprint density at radius 1 is 1.58 bits per heavy atom. The Balaban J connectivity index is 2.26. The van der Waals surface area contributed by atoms with Gasteiger partial charge >= 0.3 is 5.97 Å². The van der Waals surface area contributed by atoms with E-state index in [0.717, 1.165) is 0 Å². The van der Waals surface area contributed by atoms with Crippen LogP contribution in [0.3, 0.4) is 0 Å². The average molecular weight is 265 g/mol. The number of carbonyl (C=O) groups excluding carboxylic acids is 1. The first kappa shape index (κ1) is 13.2. The van der Waals surface area contributed by atoms with E-state index in [-0.39, 0.29) is 11.9 Å². The summed E-state index contributed by atoms with van der Waals surface area (Å²) in [6.45, 7) is 1.85. The third kappa shape index (κ3) is 2.78. The predicted molar refractivity (Wildman–Crippen MR) is 66.6 cm³/mol. The van der Waals surface area contributed by atoms with Crippen molar-refractivity contribution in [1.82, 2.24) is 4.90 Å². The third-order valence-corrected chi connectivity index (χ3v) is 3.01. The van der Waals surface area contributed by atoms with Crippen molar-refractivity contribution in [2.24, 2.45) is 0 Å². The van der Waals surface area contributed by atoms with Gasteiger partial charge in [-0.25, -0.2) is 4.79 Å². The number of fused-ring (bicyclic) bond motifs is 1. The van der Waals surface area contributed by atoms with Crippen LogP contribution in [0.1, 0.15) is 17.3 Å². The van der Waals surface area contributed by atoms with E-state index in [1.54, 1.807) is 30.1 Å². The molecular weight excluding hydrogens is 250 g/mol. The summed E-state index contributed by atoms with van der Waals surface area (Å²) < 4.78 is 10.6. The number of amides is 1. The fourth-order valence-electron chi connectivity index (χ4n) is 1.75. The van der Waals surface area contributed by atoms with Crippen molar-refractivity contribution in [2.45, 2.75) is 13.0 Å². The topological polar surface area (TPSA) is 76.1 Å². The number of carbonyl (C=O) groups is 2. The van der Waals surface area contributed by atoms with Crippen molar-refractivity contribution in [3.8, 4) is 11.5 Å². The molecule has 0 aromatic heterocycles. The molecule has 6 nitrogen and oxygen atoms in total. The first-order chi connectivity index (χ1) is 8.99. The molecule has 1 aromatic carbocycles. The van der Waals surface area contributed by atoms with E-state index in [4.69, 9.17) is 14.6 Å². The number of ether oxygens (including phenoxy) is 2. The Morgan fingerprint density at radius 2 is 2.32 bits per heavy atom. The number of aliphatic carboxylic acids is 1. The molecule has 0 fully saturated rings. The van der Waals surface area contributed by atoms with Crippen LogP contribution in [0, 0.1) is 0 Å². The van der Waals surface area contributed by atoms with Crippen molar-refractivity contribution in [3.63, 3.8) is 0 Å². The molecule has 0 spiro atoms. The predicted octanol–water partition coefficient (Wildman–Crippen LogP) is 1.00. The maximum atomic E-state index is 12.1. The van der Waals surface area contributed by atoms with Crippen molar-refractivity contribution < 1.29 is 24.2 Å². The number of nitrogens with zero attached hydrogens (tertiary/aromatic N) is 1. The summed E-state index contributed by atoms with van der Waals surface area (Å²) >= 11 is 0. The summed E-state index contributed by atoms with van der Waals surface area (Å²) in [6.07, 6.45) is 0. The van der Waals surface area contributed by atoms with E-state index in [2.05, 4.69) is 0 Å². The number of benzene rings is 1. The van der Waals surface area contributed by atoms with E-state index in [9.17, 15) is 9.59 Å². The number of rotatable bonds is 3. The second-order valence-electron chi connectivity index (χ2n) is 4.42. The number of carboxylic acid groups (broad SMARTS) is 1. The normalized spacial score (nSPS) is 18.3. The molecule has 1 unspecified atom stereocenters. The lowest BCUT2D eigenvalue weighted by molar-refractivity contribution is -0.139. The summed E-state index contributed by atoms with van der Waals surface area (Å²) in [7, 11) is 1.72. The van der Waals surface area contributed by atoms with E-state index in [1.807, 2.05) is 6.92 Å². The maximum absolute atomic E-state index is 12.1. The Labute approximate surface area is 110 Å². The molecule has 0 saturated carbocycles. The van der Waals surface area contributed by atoms with Crippen molar-refractivity contribution in [3.05, 3.63) is 23.8 Å². The quantitative estimate of drug-likeness (QED) is 0.882. The van der Waals surface area contributed by atoms with Crippen LogP contribution in [-0.2, 0) is 4.79 Å². The zero-order chi connectivity index (χ0) is 14.0. The van der Waals surface area contributed by atoms with Crippen LogP contribution < -0.4 is 9.47 Å². The SMILES string of the molecule is CC1COc2cc(OCC(=O)O)ccc2C(=O)N1C. The molecule has 0 saturated heterocycles. The van der Waals surface area contributed by atoms with Gasteiger partial charge in [0, 0.05) is 13.1 Å². The minimum Gasteiger partial charge on any atom is -0.490 e. The van der Waals surface area contributed by atoms with Crippen molar-refractivity contribution in [1.29, 1.82) is 0 Å². The van der Waals surface area contributed by atoms with Crippen LogP contribution in [0.15, 0.2) is 18.2 Å². The van der Waals surface area contributed by atoms with Crippen LogP contribution in [-0.4, -0.2) is 48.2 Å². The minimum atomic E-state index is -1.06. The fraction of sp³-hybridized carbons (Fsp3) is 0.385. The highest BCUT2D eigenvalue weighted by Gasteiger charge is 2.25. The molecule has 19 heavy (non-hydrogen) atoms. The van der Waals surface area contributed by atoms with Crippen LogP contribution in [0.4, 0.5) is 0 Å². The molecule has 2 rings (SSSR count). The number of hydrogen-bond acceptors (Lipinski definition) is 4. The van der Waals surface area contributed by atoms with Crippen molar-refractivity contribution in [2.75, 3.05) is 20.3 Å². The molecule has 0 aliphatic carbocycles. The van der Waals surface area contributed by atoms with Gasteiger partial charge in [0.1, 0.15) is 18.1 Å². The molecule has 1 amide bonds. The molecule has 1 N–H and O–H groups in total. The van der Waals surface area contributed by atoms with Gasteiger partial charge in [-0.15, -0.1) is 0 Å². The van der Waals surface area contributed by atoms with Gasteiger partial charge in [-0.1, -0.05) is 0 Å². The summed E-state index contributed by atoms with van der Waals surface area (Å²) in [6, 6.07) is 4.67. The highest BCUT2D eigenvalue weighted by atomic mass is 16.5. The number of hydrogen-bond donors (Lipinski definition) is 1. The first-order valence-electron chi connectivity index (χ1n) is 5.87. The fourth-order valence-corrected chi connectivity index (χ4v) is 1.75. The highest BCUT2D eigenvalue weighted by molar-refractivity contribution is 5.97. The lowest BCUT2D eigenvalue weighted by Crippen LogP contribution is -2.36. The molecule has 6 heteroatoms. The van der Waals surface area contributed by atoms with Gasteiger partial charge < -0.3 is 19.5 Å². The number of carboxylic acids is 1. The van der Waals surface area contributed by atoms with E-state index in [0.29, 0.717) is 23.7 Å². The molecule has 1 aromatic rings. The Bertz CT molecular complexity index is 514. The van der Waals surface area contributed by atoms with E-state index >= 15 is 0 Å². The van der Waals surface area contributed by atoms with Crippen LogP contribution in [0.25, 0.3) is 0 Å². The molecule has 0 bridgehead atoms. The molecule has 1 aliphatic rings. The van der Waals surface area contributed by atoms with Gasteiger partial charge in [-0.2, -0.15) is 0 Å². The largest absolute Gasteiger partial charge is 0.490 e. The van der Waals surface area contributed by atoms with Gasteiger partial charge in [0.05, 0.1) is 11.6 Å². The number of likely N-dealkylation sites (N-methyl/N-ethyl adjacent to an activating group) is 1. The lowest BCUT2D eigenvalue weighted by atomic mass is 10.1. The summed E-state index contributed by atoms with van der Waals surface area (Å²) in [4.78, 5) is 24.2. The van der Waals surface area contributed by atoms with Crippen LogP contribution >= 0.6 is 0 Å². The smallest absolute Gasteiger partial charge is 0.341 e. The molecule has 1 heterocycles. The van der Waals surface area contributed by atoms with Crippen LogP contribution in [0.2, 0.25) is 0 Å². The monoisotopic (exact) mass is 265 g/mol. The highest BCUT2D eigenvalue weighted by Crippen LogP contribution is 2.28. The third-order valence-electron chi connectivity index (χ3n) is 3.01. The molecule has 0 radical (unpaired) electrons. The molecule has 102 valence electrons. The molecule has 1 aliphatic heterocycles. The second kappa shape index (κ2) is 5.17. The average Bonchev–Trinajstić information content (AvgIpc) is 2.49. The first-order valence-corrected chi connectivity index (χ1v) is 5.87. The van der Waals surface area contributed by atoms with Gasteiger partial charge in [-0.05, 0) is 19.1 Å². The van der Waals surface area contributed by atoms with Crippen molar-refractivity contribution >= 4 is 11.9 Å². The van der Waals surface area contributed by atoms with Gasteiger partial charge in [0.2, 0.25) is 0 Å². The maximum Gasteiger partial charge on any atom is 0.341 e. The second-order valence-corrected chi connectivity index (χ2v) is 4.42. The Morgan fingerprint density at radius 3 is 3.00 bits per heavy atom. The van der Waals surface area contributed by atoms with Crippen LogP contribution in [0.5, 0.6) is 11.5 Å². The molecular formula is C13H15NO5. The van der Waals surface area contributed by atoms with E-state index < -0.39 is 12.6 Å². The zero-order valence-corrected chi connectivity index (χ0v) is 10.8.